The van der Waals surface area contributed by atoms with Gasteiger partial charge in [-0.25, -0.2) is 4.39 Å². The number of hydrogen-bond acceptors (Lipinski definition) is 6. The topological polar surface area (TPSA) is 95.1 Å². The number of allylic oxidation sites excluding steroid dienone is 2. The second-order valence-corrected chi connectivity index (χ2v) is 8.94. The summed E-state index contributed by atoms with van der Waals surface area (Å²) in [7, 11) is 0. The van der Waals surface area contributed by atoms with Gasteiger partial charge in [-0.1, -0.05) is 30.0 Å². The lowest BCUT2D eigenvalue weighted by Crippen LogP contribution is -2.31. The van der Waals surface area contributed by atoms with Crippen LogP contribution in [-0.4, -0.2) is 17.4 Å². The number of hydrogen-bond donors (Lipinski definition) is 2. The number of carbonyl (C=O) groups is 2. The second-order valence-electron chi connectivity index (χ2n) is 7.95. The molecule has 0 radical (unpaired) electrons. The fraction of sp³-hybridized carbons (Fsp3) is 0.148. The van der Waals surface area contributed by atoms with Gasteiger partial charge in [-0.05, 0) is 61.9 Å². The van der Waals surface area contributed by atoms with Gasteiger partial charge in [0.1, 0.15) is 11.6 Å². The molecule has 1 amide bonds. The van der Waals surface area contributed by atoms with Crippen LogP contribution in [0.3, 0.4) is 0 Å². The summed E-state index contributed by atoms with van der Waals surface area (Å²) in [6, 6.07) is 18.4. The zero-order valence-electron chi connectivity index (χ0n) is 19.1. The molecule has 0 saturated carbocycles. The fourth-order valence-electron chi connectivity index (χ4n) is 3.83. The molecular formula is C27H22FN3O3S. The number of nitrogens with one attached hydrogen (secondary N) is 2. The largest absolute Gasteiger partial charge is 0.468 e. The first kappa shape index (κ1) is 24.0. The Bertz CT molecular complexity index is 1370. The lowest BCUT2D eigenvalue weighted by molar-refractivity contribution is -0.113. The van der Waals surface area contributed by atoms with E-state index in [1.807, 2.05) is 31.2 Å². The molecule has 0 saturated heterocycles. The Morgan fingerprint density at radius 3 is 2.51 bits per heavy atom. The number of anilines is 1. The lowest BCUT2D eigenvalue weighted by Gasteiger charge is -2.28. The molecule has 1 atom stereocenters. The molecule has 2 N–H and O–H groups in total. The molecule has 176 valence electrons. The van der Waals surface area contributed by atoms with Gasteiger partial charge in [0.2, 0.25) is 0 Å². The summed E-state index contributed by atoms with van der Waals surface area (Å²) in [6.45, 7) is 3.65. The third-order valence-electron chi connectivity index (χ3n) is 5.63. The smallest absolute Gasteiger partial charge is 0.254 e. The molecule has 1 aliphatic rings. The number of ketones is 1. The number of thioether (sulfide) groups is 1. The van der Waals surface area contributed by atoms with Crippen LogP contribution in [0.1, 0.15) is 34.5 Å². The summed E-state index contributed by atoms with van der Waals surface area (Å²) in [4.78, 5) is 26.0. The molecule has 35 heavy (non-hydrogen) atoms. The highest BCUT2D eigenvalue weighted by molar-refractivity contribution is 8.03. The minimum absolute atomic E-state index is 0.0298. The van der Waals surface area contributed by atoms with E-state index in [1.54, 1.807) is 19.1 Å². The van der Waals surface area contributed by atoms with Crippen LogP contribution in [0.4, 0.5) is 10.1 Å². The molecule has 2 aromatic carbocycles. The number of Topliss-reactive ketones (excluding diaryl/α,β-unsaturated/α-hetero) is 1. The van der Waals surface area contributed by atoms with E-state index in [2.05, 4.69) is 16.7 Å². The first-order valence-corrected chi connectivity index (χ1v) is 11.8. The van der Waals surface area contributed by atoms with Crippen molar-refractivity contribution in [2.75, 3.05) is 11.1 Å². The van der Waals surface area contributed by atoms with Gasteiger partial charge in [0.25, 0.3) is 5.91 Å². The van der Waals surface area contributed by atoms with Crippen LogP contribution in [0.15, 0.2) is 93.2 Å². The van der Waals surface area contributed by atoms with Crippen LogP contribution in [0.2, 0.25) is 0 Å². The van der Waals surface area contributed by atoms with Crippen LogP contribution < -0.4 is 10.6 Å². The van der Waals surface area contributed by atoms with Crippen LogP contribution >= 0.6 is 11.8 Å². The molecule has 0 bridgehead atoms. The predicted octanol–water partition coefficient (Wildman–Crippen LogP) is 5.68. The Labute approximate surface area is 206 Å². The Morgan fingerprint density at radius 1 is 1.11 bits per heavy atom. The summed E-state index contributed by atoms with van der Waals surface area (Å²) in [6.07, 6.45) is 1.49. The molecule has 0 aliphatic carbocycles. The van der Waals surface area contributed by atoms with Gasteiger partial charge in [0, 0.05) is 16.9 Å². The number of dihydropyridines is 1. The van der Waals surface area contributed by atoms with E-state index in [-0.39, 0.29) is 23.0 Å². The SMILES string of the molecule is CC1=C(C(=O)Nc2ccccc2C)[C@H](c2ccco2)C(C#N)=C(SCC(=O)c2ccc(F)cc2)N1. The normalized spacial score (nSPS) is 15.4. The van der Waals surface area contributed by atoms with E-state index in [9.17, 15) is 19.2 Å². The highest BCUT2D eigenvalue weighted by Gasteiger charge is 2.36. The monoisotopic (exact) mass is 487 g/mol. The first-order chi connectivity index (χ1) is 16.9. The lowest BCUT2D eigenvalue weighted by atomic mass is 9.85. The summed E-state index contributed by atoms with van der Waals surface area (Å²) >= 11 is 1.16. The van der Waals surface area contributed by atoms with Gasteiger partial charge < -0.3 is 15.1 Å². The standard InChI is InChI=1S/C27H22FN3O3S/c1-16-6-3-4-7-21(16)31-26(33)24-17(2)30-27(20(14-29)25(24)23-8-5-13-34-23)35-15-22(32)18-9-11-19(28)12-10-18/h3-13,25,30H,15H2,1-2H3,(H,31,33)/t25-/m0/s1. The molecule has 0 spiro atoms. The molecule has 8 heteroatoms. The number of para-hydroxylation sites is 1. The molecule has 1 aromatic heterocycles. The van der Waals surface area contributed by atoms with E-state index < -0.39 is 11.7 Å². The maximum absolute atomic E-state index is 13.4. The number of aryl methyl sites for hydroxylation is 1. The number of carbonyl (C=O) groups excluding carboxylic acids is 2. The summed E-state index contributed by atoms with van der Waals surface area (Å²) in [5, 5.41) is 16.6. The number of benzene rings is 2. The van der Waals surface area contributed by atoms with Crippen molar-refractivity contribution in [1.29, 1.82) is 5.26 Å². The van der Waals surface area contributed by atoms with Gasteiger partial charge in [0.15, 0.2) is 5.78 Å². The van der Waals surface area contributed by atoms with Crippen molar-refractivity contribution in [1.82, 2.24) is 5.32 Å². The summed E-state index contributed by atoms with van der Waals surface area (Å²) < 4.78 is 18.8. The first-order valence-electron chi connectivity index (χ1n) is 10.8. The van der Waals surface area contributed by atoms with E-state index in [0.29, 0.717) is 33.3 Å². The Balaban J connectivity index is 1.64. The molecule has 2 heterocycles. The molecule has 1 aliphatic heterocycles. The number of halogens is 1. The van der Waals surface area contributed by atoms with Crippen molar-refractivity contribution in [2.24, 2.45) is 0 Å². The van der Waals surface area contributed by atoms with Gasteiger partial charge in [-0.3, -0.25) is 9.59 Å². The number of amides is 1. The minimum Gasteiger partial charge on any atom is -0.468 e. The molecule has 3 aromatic rings. The van der Waals surface area contributed by atoms with E-state index in [4.69, 9.17) is 4.42 Å². The van der Waals surface area contributed by atoms with Crippen molar-refractivity contribution < 1.29 is 18.4 Å². The Morgan fingerprint density at radius 2 is 1.86 bits per heavy atom. The van der Waals surface area contributed by atoms with Crippen molar-refractivity contribution in [3.8, 4) is 6.07 Å². The predicted molar refractivity (Wildman–Crippen MR) is 133 cm³/mol. The highest BCUT2D eigenvalue weighted by Crippen LogP contribution is 2.41. The maximum Gasteiger partial charge on any atom is 0.254 e. The third kappa shape index (κ3) is 5.20. The van der Waals surface area contributed by atoms with E-state index in [1.165, 1.54) is 30.5 Å². The van der Waals surface area contributed by atoms with Crippen LogP contribution in [0.25, 0.3) is 0 Å². The molecule has 4 rings (SSSR count). The zero-order chi connectivity index (χ0) is 24.9. The van der Waals surface area contributed by atoms with Crippen molar-refractivity contribution in [3.63, 3.8) is 0 Å². The fourth-order valence-corrected chi connectivity index (χ4v) is 4.81. The van der Waals surface area contributed by atoms with Crippen LogP contribution in [-0.2, 0) is 4.79 Å². The van der Waals surface area contributed by atoms with Gasteiger partial charge >= 0.3 is 0 Å². The Kier molecular flexibility index (Phi) is 7.18. The molecule has 0 unspecified atom stereocenters. The van der Waals surface area contributed by atoms with Crippen molar-refractivity contribution in [3.05, 3.63) is 112 Å². The number of nitrogens with zero attached hydrogens (tertiary/aromatic N) is 1. The highest BCUT2D eigenvalue weighted by atomic mass is 32.2. The maximum atomic E-state index is 13.4. The van der Waals surface area contributed by atoms with Gasteiger partial charge in [0.05, 0.1) is 40.2 Å². The van der Waals surface area contributed by atoms with Crippen molar-refractivity contribution >= 4 is 29.1 Å². The van der Waals surface area contributed by atoms with E-state index >= 15 is 0 Å². The van der Waals surface area contributed by atoms with Crippen LogP contribution in [0.5, 0.6) is 0 Å². The molecule has 6 nitrogen and oxygen atoms in total. The average Bonchev–Trinajstić information content (AvgIpc) is 3.38. The molecule has 0 fully saturated rings. The number of furan rings is 1. The Hall–Kier alpha value is -4.09. The van der Waals surface area contributed by atoms with E-state index in [0.717, 1.165) is 17.3 Å². The average molecular weight is 488 g/mol. The molecular weight excluding hydrogens is 465 g/mol. The number of nitriles is 1. The second kappa shape index (κ2) is 10.5. The van der Waals surface area contributed by atoms with Crippen LogP contribution in [0, 0.1) is 24.1 Å². The zero-order valence-corrected chi connectivity index (χ0v) is 19.9. The minimum atomic E-state index is -0.747. The number of rotatable bonds is 7. The quantitative estimate of drug-likeness (QED) is 0.417. The third-order valence-corrected chi connectivity index (χ3v) is 6.64. The summed E-state index contributed by atoms with van der Waals surface area (Å²) in [5.74, 6) is -1.26. The summed E-state index contributed by atoms with van der Waals surface area (Å²) in [5.41, 5.74) is 3.13. The van der Waals surface area contributed by atoms with Gasteiger partial charge in [-0.2, -0.15) is 5.26 Å². The van der Waals surface area contributed by atoms with Gasteiger partial charge in [-0.15, -0.1) is 0 Å². The van der Waals surface area contributed by atoms with Crippen molar-refractivity contribution in [2.45, 2.75) is 19.8 Å².